The molecule has 1 amide bonds. The lowest BCUT2D eigenvalue weighted by atomic mass is 9.93. The van der Waals surface area contributed by atoms with Gasteiger partial charge in [-0.15, -0.1) is 0 Å². The average molecular weight is 427 g/mol. The highest BCUT2D eigenvalue weighted by atomic mass is 35.5. The first-order valence-corrected chi connectivity index (χ1v) is 10.4. The van der Waals surface area contributed by atoms with E-state index in [0.717, 1.165) is 5.56 Å². The van der Waals surface area contributed by atoms with Crippen molar-refractivity contribution in [1.29, 1.82) is 0 Å². The van der Waals surface area contributed by atoms with Gasteiger partial charge in [-0.05, 0) is 55.4 Å². The van der Waals surface area contributed by atoms with Crippen molar-refractivity contribution < 1.29 is 14.7 Å². The highest BCUT2D eigenvalue weighted by molar-refractivity contribution is 6.46. The van der Waals surface area contributed by atoms with Crippen molar-refractivity contribution in [2.45, 2.75) is 25.8 Å². The molecule has 0 bridgehead atoms. The largest absolute Gasteiger partial charge is 0.507 e. The second-order valence-corrected chi connectivity index (χ2v) is 8.56. The van der Waals surface area contributed by atoms with E-state index in [9.17, 15) is 14.7 Å². The van der Waals surface area contributed by atoms with Gasteiger partial charge in [-0.1, -0.05) is 49.7 Å². The predicted octanol–water partition coefficient (Wildman–Crippen LogP) is 4.45. The summed E-state index contributed by atoms with van der Waals surface area (Å²) >= 11 is 5.96. The number of ketones is 1. The minimum Gasteiger partial charge on any atom is -0.507 e. The third kappa shape index (κ3) is 4.42. The molecule has 1 aliphatic rings. The second-order valence-electron chi connectivity index (χ2n) is 8.12. The number of likely N-dealkylation sites (tertiary alicyclic amines) is 1. The second kappa shape index (κ2) is 9.02. The Kier molecular flexibility index (Phi) is 6.64. The van der Waals surface area contributed by atoms with Crippen LogP contribution in [0.2, 0.25) is 5.02 Å². The molecule has 5 nitrogen and oxygen atoms in total. The maximum Gasteiger partial charge on any atom is 0.295 e. The van der Waals surface area contributed by atoms with Gasteiger partial charge in [-0.25, -0.2) is 0 Å². The van der Waals surface area contributed by atoms with Crippen molar-refractivity contribution >= 4 is 29.1 Å². The van der Waals surface area contributed by atoms with Crippen molar-refractivity contribution in [3.05, 3.63) is 75.8 Å². The summed E-state index contributed by atoms with van der Waals surface area (Å²) in [5, 5.41) is 11.5. The fraction of sp³-hybridized carbons (Fsp3) is 0.333. The van der Waals surface area contributed by atoms with Crippen LogP contribution in [0.25, 0.3) is 5.76 Å². The van der Waals surface area contributed by atoms with Gasteiger partial charge in [0.25, 0.3) is 11.7 Å². The number of amides is 1. The van der Waals surface area contributed by atoms with Crippen LogP contribution in [0, 0.1) is 0 Å². The number of rotatable bonds is 6. The van der Waals surface area contributed by atoms with E-state index in [2.05, 4.69) is 13.8 Å². The Morgan fingerprint density at radius 3 is 2.20 bits per heavy atom. The molecule has 2 aromatic carbocycles. The Morgan fingerprint density at radius 1 is 1.07 bits per heavy atom. The topological polar surface area (TPSA) is 60.9 Å². The summed E-state index contributed by atoms with van der Waals surface area (Å²) in [4.78, 5) is 29.3. The molecule has 1 saturated heterocycles. The lowest BCUT2D eigenvalue weighted by molar-refractivity contribution is -0.140. The Labute approximate surface area is 182 Å². The summed E-state index contributed by atoms with van der Waals surface area (Å²) in [5.74, 6) is -1.08. The van der Waals surface area contributed by atoms with Crippen LogP contribution in [0.15, 0.2) is 54.1 Å². The molecule has 1 aliphatic heterocycles. The van der Waals surface area contributed by atoms with Crippen LogP contribution in [0.4, 0.5) is 0 Å². The Hall–Kier alpha value is -2.63. The molecule has 0 aliphatic carbocycles. The van der Waals surface area contributed by atoms with Gasteiger partial charge in [0.1, 0.15) is 5.76 Å². The van der Waals surface area contributed by atoms with Crippen molar-refractivity contribution in [2.24, 2.45) is 0 Å². The molecule has 1 atom stereocenters. The monoisotopic (exact) mass is 426 g/mol. The van der Waals surface area contributed by atoms with Crippen molar-refractivity contribution in [2.75, 3.05) is 27.2 Å². The SMILES string of the molecule is CC(C)c1ccc(C2/C(=C(/O)c3ccc(Cl)cc3)C(=O)C(=O)N2CCN(C)C)cc1. The zero-order chi connectivity index (χ0) is 22.0. The number of hydrogen-bond donors (Lipinski definition) is 1. The Morgan fingerprint density at radius 2 is 1.67 bits per heavy atom. The van der Waals surface area contributed by atoms with E-state index in [0.29, 0.717) is 29.6 Å². The van der Waals surface area contributed by atoms with Crippen LogP contribution >= 0.6 is 11.6 Å². The quantitative estimate of drug-likeness (QED) is 0.421. The highest BCUT2D eigenvalue weighted by Gasteiger charge is 2.45. The molecule has 1 unspecified atom stereocenters. The number of likely N-dealkylation sites (N-methyl/N-ethyl adjacent to an activating group) is 1. The molecule has 1 heterocycles. The lowest BCUT2D eigenvalue weighted by Crippen LogP contribution is -2.35. The molecule has 0 radical (unpaired) electrons. The predicted molar refractivity (Wildman–Crippen MR) is 120 cm³/mol. The number of hydrogen-bond acceptors (Lipinski definition) is 4. The van der Waals surface area contributed by atoms with Gasteiger partial charge in [-0.2, -0.15) is 0 Å². The average Bonchev–Trinajstić information content (AvgIpc) is 2.97. The standard InChI is InChI=1S/C24H27ClN2O3/c1-15(2)16-5-7-17(8-6-16)21-20(22(28)18-9-11-19(25)12-10-18)23(29)24(30)27(21)14-13-26(3)4/h5-12,15,21,28H,13-14H2,1-4H3/b22-20-. The lowest BCUT2D eigenvalue weighted by Gasteiger charge is -2.27. The molecule has 3 rings (SSSR count). The number of aliphatic hydroxyl groups is 1. The Bertz CT molecular complexity index is 963. The third-order valence-electron chi connectivity index (χ3n) is 5.36. The Balaban J connectivity index is 2.12. The van der Waals surface area contributed by atoms with Gasteiger partial charge in [-0.3, -0.25) is 9.59 Å². The number of carbonyl (C=O) groups is 2. The van der Waals surface area contributed by atoms with E-state index < -0.39 is 17.7 Å². The van der Waals surface area contributed by atoms with Gasteiger partial charge < -0.3 is 14.9 Å². The molecule has 0 aromatic heterocycles. The normalized spacial score (nSPS) is 18.6. The van der Waals surface area contributed by atoms with E-state index in [1.165, 1.54) is 5.56 Å². The summed E-state index contributed by atoms with van der Waals surface area (Å²) in [6.45, 7) is 5.21. The van der Waals surface area contributed by atoms with Gasteiger partial charge in [0.2, 0.25) is 0 Å². The summed E-state index contributed by atoms with van der Waals surface area (Å²) in [5.41, 5.74) is 2.53. The summed E-state index contributed by atoms with van der Waals surface area (Å²) in [6.07, 6.45) is 0. The first-order valence-electron chi connectivity index (χ1n) is 9.99. The van der Waals surface area contributed by atoms with E-state index >= 15 is 0 Å². The van der Waals surface area contributed by atoms with Gasteiger partial charge in [0.05, 0.1) is 11.6 Å². The van der Waals surface area contributed by atoms with Crippen molar-refractivity contribution in [3.8, 4) is 0 Å². The maximum atomic E-state index is 13.0. The van der Waals surface area contributed by atoms with E-state index in [1.807, 2.05) is 43.3 Å². The number of nitrogens with zero attached hydrogens (tertiary/aromatic N) is 2. The zero-order valence-electron chi connectivity index (χ0n) is 17.7. The zero-order valence-corrected chi connectivity index (χ0v) is 18.5. The van der Waals surface area contributed by atoms with Gasteiger partial charge in [0.15, 0.2) is 0 Å². The highest BCUT2D eigenvalue weighted by Crippen LogP contribution is 2.39. The smallest absolute Gasteiger partial charge is 0.295 e. The molecule has 0 saturated carbocycles. The minimum absolute atomic E-state index is 0.110. The number of Topliss-reactive ketones (excluding diaryl/α,β-unsaturated/α-hetero) is 1. The fourth-order valence-electron chi connectivity index (χ4n) is 3.59. The van der Waals surface area contributed by atoms with Crippen LogP contribution in [-0.4, -0.2) is 53.8 Å². The van der Waals surface area contributed by atoms with Crippen LogP contribution in [0.1, 0.15) is 42.5 Å². The summed E-state index contributed by atoms with van der Waals surface area (Å²) in [6, 6.07) is 13.8. The summed E-state index contributed by atoms with van der Waals surface area (Å²) < 4.78 is 0. The van der Waals surface area contributed by atoms with Crippen LogP contribution in [0.3, 0.4) is 0 Å². The molecule has 0 spiro atoms. The molecule has 6 heteroatoms. The minimum atomic E-state index is -0.667. The maximum absolute atomic E-state index is 13.0. The molecule has 1 N–H and O–H groups in total. The third-order valence-corrected chi connectivity index (χ3v) is 5.62. The number of halogens is 1. The molecule has 1 fully saturated rings. The first kappa shape index (κ1) is 22.1. The molecular weight excluding hydrogens is 400 g/mol. The van der Waals surface area contributed by atoms with Gasteiger partial charge >= 0.3 is 0 Å². The van der Waals surface area contributed by atoms with Crippen molar-refractivity contribution in [1.82, 2.24) is 9.80 Å². The van der Waals surface area contributed by atoms with Crippen LogP contribution < -0.4 is 0 Å². The summed E-state index contributed by atoms with van der Waals surface area (Å²) in [7, 11) is 3.83. The molecule has 158 valence electrons. The van der Waals surface area contributed by atoms with Gasteiger partial charge in [0, 0.05) is 23.7 Å². The molecule has 2 aromatic rings. The van der Waals surface area contributed by atoms with E-state index in [4.69, 9.17) is 11.6 Å². The van der Waals surface area contributed by atoms with Crippen LogP contribution in [-0.2, 0) is 9.59 Å². The van der Waals surface area contributed by atoms with E-state index in [1.54, 1.807) is 29.2 Å². The number of aliphatic hydroxyl groups excluding tert-OH is 1. The van der Waals surface area contributed by atoms with Crippen LogP contribution in [0.5, 0.6) is 0 Å². The number of benzene rings is 2. The number of carbonyl (C=O) groups excluding carboxylic acids is 2. The van der Waals surface area contributed by atoms with Crippen molar-refractivity contribution in [3.63, 3.8) is 0 Å². The fourth-order valence-corrected chi connectivity index (χ4v) is 3.72. The molecule has 30 heavy (non-hydrogen) atoms. The first-order chi connectivity index (χ1) is 14.2. The van der Waals surface area contributed by atoms with E-state index in [-0.39, 0.29) is 11.3 Å². The molecular formula is C24H27ClN2O3.